The Morgan fingerprint density at radius 1 is 1.55 bits per heavy atom. The van der Waals surface area contributed by atoms with Crippen LogP contribution in [0, 0.1) is 6.61 Å². The first-order valence-corrected chi connectivity index (χ1v) is 6.48. The number of aromatic amines is 1. The summed E-state index contributed by atoms with van der Waals surface area (Å²) in [5.74, 6) is 0.923. The number of anilines is 1. The summed E-state index contributed by atoms with van der Waals surface area (Å²) in [5.41, 5.74) is 0.896. The van der Waals surface area contributed by atoms with Crippen molar-refractivity contribution < 1.29 is 88.1 Å². The molecule has 0 spiro atoms. The van der Waals surface area contributed by atoms with Crippen LogP contribution in [-0.2, 0) is 25.2 Å². The number of carbonyl (C=O) groups excluding carboxylic acids is 1. The second kappa shape index (κ2) is 11.6. The molecule has 1 aromatic heterocycles. The third-order valence-corrected chi connectivity index (χ3v) is 2.64. The van der Waals surface area contributed by atoms with Gasteiger partial charge in [-0.05, 0) is 13.3 Å². The summed E-state index contributed by atoms with van der Waals surface area (Å²) < 4.78 is 4.74. The number of hydrogen-bond acceptors (Lipinski definition) is 4. The number of carbonyl (C=O) groups is 1. The van der Waals surface area contributed by atoms with E-state index in [4.69, 9.17) is 4.74 Å². The maximum atomic E-state index is 11.4. The Morgan fingerprint density at radius 2 is 2.32 bits per heavy atom. The Morgan fingerprint density at radius 3 is 2.91 bits per heavy atom. The van der Waals surface area contributed by atoms with Crippen molar-refractivity contribution in [3.05, 3.63) is 42.8 Å². The zero-order chi connectivity index (χ0) is 14.4. The topological polar surface area (TPSA) is 71.1 Å². The van der Waals surface area contributed by atoms with Gasteiger partial charge in [0.2, 0.25) is 0 Å². The van der Waals surface area contributed by atoms with E-state index in [9.17, 15) is 4.79 Å². The zero-order valence-corrected chi connectivity index (χ0v) is 20.5. The SMILES string of the molecule is C\C=C/C(=C\C=C\CC)c1nc(N2C[CH-]OC2=O)n[nH]1.[Rb+].[Re]. The molecule has 0 saturated carbocycles. The summed E-state index contributed by atoms with van der Waals surface area (Å²) in [4.78, 5) is 17.1. The summed E-state index contributed by atoms with van der Waals surface area (Å²) in [7, 11) is 0. The fourth-order valence-corrected chi connectivity index (χ4v) is 1.69. The van der Waals surface area contributed by atoms with Crippen molar-refractivity contribution in [2.75, 3.05) is 11.4 Å². The van der Waals surface area contributed by atoms with Gasteiger partial charge in [-0.15, -0.1) is 11.7 Å². The van der Waals surface area contributed by atoms with Gasteiger partial charge in [-0.2, -0.15) is 4.98 Å². The molecule has 1 saturated heterocycles. The third kappa shape index (κ3) is 5.95. The number of nitrogens with one attached hydrogen (secondary N) is 1. The van der Waals surface area contributed by atoms with Gasteiger partial charge in [0, 0.05) is 26.0 Å². The van der Waals surface area contributed by atoms with Crippen LogP contribution in [0.25, 0.3) is 5.57 Å². The molecule has 1 radical (unpaired) electrons. The van der Waals surface area contributed by atoms with Crippen LogP contribution in [0.2, 0.25) is 0 Å². The number of rotatable bonds is 5. The van der Waals surface area contributed by atoms with Gasteiger partial charge in [0.1, 0.15) is 0 Å². The van der Waals surface area contributed by atoms with Crippen molar-refractivity contribution in [2.45, 2.75) is 20.3 Å². The largest absolute Gasteiger partial charge is 1.00 e. The molecule has 1 aliphatic rings. The van der Waals surface area contributed by atoms with E-state index >= 15 is 0 Å². The first kappa shape index (κ1) is 22.1. The van der Waals surface area contributed by atoms with Crippen molar-refractivity contribution in [1.82, 2.24) is 15.2 Å². The minimum atomic E-state index is -0.460. The Bertz CT molecular complexity index is 569. The molecule has 0 aliphatic carbocycles. The van der Waals surface area contributed by atoms with Crippen LogP contribution in [-0.4, -0.2) is 27.8 Å². The van der Waals surface area contributed by atoms with E-state index in [1.54, 1.807) is 0 Å². The number of nitrogens with zero attached hydrogens (tertiary/aromatic N) is 3. The molecule has 2 heterocycles. The normalized spacial score (nSPS) is 15.1. The van der Waals surface area contributed by atoms with Crippen molar-refractivity contribution >= 4 is 17.6 Å². The third-order valence-electron chi connectivity index (χ3n) is 2.64. The second-order valence-electron chi connectivity index (χ2n) is 4.10. The predicted octanol–water partition coefficient (Wildman–Crippen LogP) is -0.150. The minimum Gasteiger partial charge on any atom is -0.619 e. The fourth-order valence-electron chi connectivity index (χ4n) is 1.69. The summed E-state index contributed by atoms with van der Waals surface area (Å²) in [6, 6.07) is 0. The van der Waals surface area contributed by atoms with Crippen molar-refractivity contribution in [3.8, 4) is 0 Å². The zero-order valence-electron chi connectivity index (χ0n) is 12.9. The molecule has 0 unspecified atom stereocenters. The first-order valence-electron chi connectivity index (χ1n) is 6.48. The molecular formula is C14H17N4O2RbRe. The van der Waals surface area contributed by atoms with Gasteiger partial charge >= 0.3 is 64.3 Å². The number of aromatic nitrogens is 3. The molecule has 6 nitrogen and oxygen atoms in total. The van der Waals surface area contributed by atoms with E-state index in [-0.39, 0.29) is 78.6 Å². The maximum Gasteiger partial charge on any atom is 1.00 e. The number of allylic oxidation sites excluding steroid dienone is 6. The molecule has 1 amide bonds. The molecule has 8 heteroatoms. The summed E-state index contributed by atoms with van der Waals surface area (Å²) in [5, 5.41) is 6.89. The summed E-state index contributed by atoms with van der Waals surface area (Å²) in [6.45, 7) is 5.78. The molecule has 0 bridgehead atoms. The Balaban J connectivity index is 0.00000220. The van der Waals surface area contributed by atoms with Crippen molar-refractivity contribution in [1.29, 1.82) is 0 Å². The Kier molecular flexibility index (Phi) is 11.7. The van der Waals surface area contributed by atoms with Gasteiger partial charge in [0.25, 0.3) is 5.95 Å². The fraction of sp³-hybridized carbons (Fsp3) is 0.286. The van der Waals surface area contributed by atoms with Crippen molar-refractivity contribution in [2.24, 2.45) is 0 Å². The molecule has 113 valence electrons. The molecular weight excluding hydrogens is 528 g/mol. The molecule has 0 aromatic carbocycles. The first-order chi connectivity index (χ1) is 9.76. The molecule has 1 aliphatic heterocycles. The monoisotopic (exact) mass is 545 g/mol. The molecule has 0 atom stereocenters. The number of cyclic esters (lactones) is 1. The van der Waals surface area contributed by atoms with Crippen molar-refractivity contribution in [3.63, 3.8) is 0 Å². The van der Waals surface area contributed by atoms with E-state index in [0.29, 0.717) is 18.3 Å². The van der Waals surface area contributed by atoms with E-state index < -0.39 is 6.09 Å². The quantitative estimate of drug-likeness (QED) is 0.414. The predicted molar refractivity (Wildman–Crippen MR) is 76.7 cm³/mol. The average Bonchev–Trinajstić information content (AvgIpc) is 3.06. The number of ether oxygens (including phenoxy) is 1. The standard InChI is InChI=1S/C14H17N4O2.Rb.Re/c1-3-5-6-8-11(7-4-2)12-15-13(17-16-12)18-9-10-20-14(18)19;;/h4-8,10H,3,9H2,1-2H3,(H,15,16,17);;/q-1;+1;/b6-5+,7-4-,11-8+;;. The van der Waals surface area contributed by atoms with Gasteiger partial charge in [-0.1, -0.05) is 43.8 Å². The maximum absolute atomic E-state index is 11.4. The van der Waals surface area contributed by atoms with E-state index in [2.05, 4.69) is 22.1 Å². The number of H-pyrrole nitrogens is 1. The second-order valence-corrected chi connectivity index (χ2v) is 4.10. The number of hydrogen-bond donors (Lipinski definition) is 1. The number of amides is 1. The van der Waals surface area contributed by atoms with Gasteiger partial charge in [0.15, 0.2) is 5.82 Å². The van der Waals surface area contributed by atoms with Crippen LogP contribution < -0.4 is 63.1 Å². The van der Waals surface area contributed by atoms with Crippen LogP contribution in [0.15, 0.2) is 30.4 Å². The van der Waals surface area contributed by atoms with Crippen LogP contribution in [0.3, 0.4) is 0 Å². The Hall–Kier alpha value is 0.0975. The van der Waals surface area contributed by atoms with Crippen LogP contribution in [0.4, 0.5) is 10.7 Å². The molecule has 1 fully saturated rings. The van der Waals surface area contributed by atoms with Gasteiger partial charge in [0.05, 0.1) is 0 Å². The van der Waals surface area contributed by atoms with Crippen LogP contribution in [0.1, 0.15) is 26.1 Å². The molecule has 1 N–H and O–H groups in total. The van der Waals surface area contributed by atoms with E-state index in [1.165, 1.54) is 11.5 Å². The van der Waals surface area contributed by atoms with E-state index in [0.717, 1.165) is 12.0 Å². The van der Waals surface area contributed by atoms with Gasteiger partial charge in [-0.3, -0.25) is 10.00 Å². The van der Waals surface area contributed by atoms with Gasteiger partial charge < -0.3 is 4.74 Å². The van der Waals surface area contributed by atoms with Crippen LogP contribution >= 0.6 is 0 Å². The average molecular weight is 545 g/mol. The summed E-state index contributed by atoms with van der Waals surface area (Å²) in [6.07, 6.45) is 10.3. The Labute approximate surface area is 192 Å². The van der Waals surface area contributed by atoms with E-state index in [1.807, 2.05) is 37.3 Å². The van der Waals surface area contributed by atoms with Gasteiger partial charge in [-0.25, -0.2) is 4.79 Å². The van der Waals surface area contributed by atoms with Crippen LogP contribution in [0.5, 0.6) is 0 Å². The smallest absolute Gasteiger partial charge is 0.619 e. The summed E-state index contributed by atoms with van der Waals surface area (Å²) >= 11 is 0. The molecule has 1 aromatic rings. The molecule has 22 heavy (non-hydrogen) atoms. The molecule has 2 rings (SSSR count). The minimum absolute atomic E-state index is 0.